The third kappa shape index (κ3) is 4.97. The highest BCUT2D eigenvalue weighted by Gasteiger charge is 2.10. The van der Waals surface area contributed by atoms with Gasteiger partial charge in [0, 0.05) is 12.2 Å². The summed E-state index contributed by atoms with van der Waals surface area (Å²) in [5.74, 6) is -0.868. The monoisotopic (exact) mass is 267 g/mol. The first-order valence-electron chi connectivity index (χ1n) is 5.74. The van der Waals surface area contributed by atoms with E-state index in [1.807, 2.05) is 0 Å². The number of aliphatic hydroxyl groups is 1. The van der Waals surface area contributed by atoms with Gasteiger partial charge in [-0.1, -0.05) is 0 Å². The van der Waals surface area contributed by atoms with E-state index < -0.39 is 18.0 Å². The van der Waals surface area contributed by atoms with Gasteiger partial charge in [0.05, 0.1) is 32.3 Å². The number of benzene rings is 1. The lowest BCUT2D eigenvalue weighted by atomic mass is 10.2. The van der Waals surface area contributed by atoms with Gasteiger partial charge < -0.3 is 19.9 Å². The maximum Gasteiger partial charge on any atom is 0.337 e. The zero-order valence-electron chi connectivity index (χ0n) is 10.9. The Labute approximate surface area is 111 Å². The van der Waals surface area contributed by atoms with E-state index in [0.717, 1.165) is 5.69 Å². The van der Waals surface area contributed by atoms with E-state index in [2.05, 4.69) is 14.8 Å². The van der Waals surface area contributed by atoms with Gasteiger partial charge in [-0.25, -0.2) is 4.79 Å². The molecule has 1 aromatic rings. The number of carbonyl (C=O) groups excluding carboxylic acids is 2. The molecule has 0 saturated carbocycles. The Balaban J connectivity index is 2.45. The molecule has 104 valence electrons. The van der Waals surface area contributed by atoms with Crippen molar-refractivity contribution in [3.63, 3.8) is 0 Å². The molecule has 0 radical (unpaired) electrons. The number of hydrogen-bond acceptors (Lipinski definition) is 6. The average molecular weight is 267 g/mol. The van der Waals surface area contributed by atoms with Crippen LogP contribution in [0.5, 0.6) is 0 Å². The molecule has 0 aromatic heterocycles. The standard InChI is InChI=1S/C13H17NO5/c1-18-12(16)7-11(15)8-14-10-5-3-9(4-6-10)13(17)19-2/h3-6,11,14-15H,7-8H2,1-2H3. The zero-order valence-corrected chi connectivity index (χ0v) is 10.9. The first-order valence-corrected chi connectivity index (χ1v) is 5.74. The van der Waals surface area contributed by atoms with E-state index in [9.17, 15) is 14.7 Å². The van der Waals surface area contributed by atoms with Crippen LogP contribution in [0.25, 0.3) is 0 Å². The van der Waals surface area contributed by atoms with Gasteiger partial charge in [0.15, 0.2) is 0 Å². The van der Waals surface area contributed by atoms with Crippen LogP contribution in [0, 0.1) is 0 Å². The van der Waals surface area contributed by atoms with Crippen molar-refractivity contribution in [2.75, 3.05) is 26.1 Å². The maximum atomic E-state index is 11.2. The Morgan fingerprint density at radius 1 is 1.21 bits per heavy atom. The second-order valence-corrected chi connectivity index (χ2v) is 3.88. The third-order valence-corrected chi connectivity index (χ3v) is 2.48. The Morgan fingerprint density at radius 2 is 1.84 bits per heavy atom. The van der Waals surface area contributed by atoms with Crippen LogP contribution in [-0.2, 0) is 14.3 Å². The van der Waals surface area contributed by atoms with Crippen LogP contribution in [0.1, 0.15) is 16.8 Å². The molecule has 0 spiro atoms. The van der Waals surface area contributed by atoms with E-state index in [1.165, 1.54) is 14.2 Å². The number of esters is 2. The summed E-state index contributed by atoms with van der Waals surface area (Å²) in [6, 6.07) is 6.61. The quantitative estimate of drug-likeness (QED) is 0.742. The van der Waals surface area contributed by atoms with Gasteiger partial charge in [0.1, 0.15) is 0 Å². The van der Waals surface area contributed by atoms with Crippen LogP contribution in [0.15, 0.2) is 24.3 Å². The number of methoxy groups -OCH3 is 2. The molecule has 0 bridgehead atoms. The first-order chi connectivity index (χ1) is 9.06. The zero-order chi connectivity index (χ0) is 14.3. The molecule has 0 aliphatic rings. The van der Waals surface area contributed by atoms with Crippen LogP contribution in [0.4, 0.5) is 5.69 Å². The van der Waals surface area contributed by atoms with E-state index in [4.69, 9.17) is 0 Å². The SMILES string of the molecule is COC(=O)CC(O)CNc1ccc(C(=O)OC)cc1. The van der Waals surface area contributed by atoms with Crippen LogP contribution >= 0.6 is 0 Å². The van der Waals surface area contributed by atoms with Crippen molar-refractivity contribution >= 4 is 17.6 Å². The second-order valence-electron chi connectivity index (χ2n) is 3.88. The lowest BCUT2D eigenvalue weighted by Gasteiger charge is -2.11. The van der Waals surface area contributed by atoms with E-state index in [-0.39, 0.29) is 13.0 Å². The van der Waals surface area contributed by atoms with Gasteiger partial charge in [-0.15, -0.1) is 0 Å². The molecule has 0 heterocycles. The Morgan fingerprint density at radius 3 is 2.37 bits per heavy atom. The summed E-state index contributed by atoms with van der Waals surface area (Å²) in [5.41, 5.74) is 1.18. The first kappa shape index (κ1) is 15.0. The van der Waals surface area contributed by atoms with Crippen molar-refractivity contribution in [1.82, 2.24) is 0 Å². The maximum absolute atomic E-state index is 11.2. The minimum absolute atomic E-state index is 0.0657. The average Bonchev–Trinajstić information content (AvgIpc) is 2.44. The topological polar surface area (TPSA) is 84.9 Å². The molecular weight excluding hydrogens is 250 g/mol. The van der Waals surface area contributed by atoms with Crippen molar-refractivity contribution in [3.05, 3.63) is 29.8 Å². The number of anilines is 1. The molecular formula is C13H17NO5. The molecule has 6 nitrogen and oxygen atoms in total. The van der Waals surface area contributed by atoms with Crippen molar-refractivity contribution in [1.29, 1.82) is 0 Å². The molecule has 1 aromatic carbocycles. The molecule has 0 aliphatic carbocycles. The van der Waals surface area contributed by atoms with Crippen molar-refractivity contribution in [2.24, 2.45) is 0 Å². The van der Waals surface area contributed by atoms with Crippen molar-refractivity contribution < 1.29 is 24.2 Å². The summed E-state index contributed by atoms with van der Waals surface area (Å²) in [7, 11) is 2.59. The van der Waals surface area contributed by atoms with Gasteiger partial charge in [-0.3, -0.25) is 4.79 Å². The Hall–Kier alpha value is -2.08. The summed E-state index contributed by atoms with van der Waals surface area (Å²) >= 11 is 0. The van der Waals surface area contributed by atoms with E-state index >= 15 is 0 Å². The highest BCUT2D eigenvalue weighted by atomic mass is 16.5. The van der Waals surface area contributed by atoms with Gasteiger partial charge in [-0.2, -0.15) is 0 Å². The van der Waals surface area contributed by atoms with Gasteiger partial charge in [0.25, 0.3) is 0 Å². The summed E-state index contributed by atoms with van der Waals surface area (Å²) < 4.78 is 9.03. The molecule has 0 aliphatic heterocycles. The fraction of sp³-hybridized carbons (Fsp3) is 0.385. The summed E-state index contributed by atoms with van der Waals surface area (Å²) in [4.78, 5) is 22.1. The second kappa shape index (κ2) is 7.38. The molecule has 1 unspecified atom stereocenters. The number of ether oxygens (including phenoxy) is 2. The highest BCUT2D eigenvalue weighted by Crippen LogP contribution is 2.10. The summed E-state index contributed by atoms with van der Waals surface area (Å²) in [5, 5.41) is 12.5. The fourth-order valence-corrected chi connectivity index (χ4v) is 1.43. The van der Waals surface area contributed by atoms with Crippen molar-refractivity contribution in [2.45, 2.75) is 12.5 Å². The molecule has 0 saturated heterocycles. The van der Waals surface area contributed by atoms with Crippen LogP contribution in [0.3, 0.4) is 0 Å². The van der Waals surface area contributed by atoms with Gasteiger partial charge >= 0.3 is 11.9 Å². The highest BCUT2D eigenvalue weighted by molar-refractivity contribution is 5.89. The van der Waals surface area contributed by atoms with E-state index in [1.54, 1.807) is 24.3 Å². The van der Waals surface area contributed by atoms with Crippen LogP contribution in [-0.4, -0.2) is 43.9 Å². The molecule has 0 amide bonds. The molecule has 1 rings (SSSR count). The van der Waals surface area contributed by atoms with E-state index in [0.29, 0.717) is 5.56 Å². The molecule has 1 atom stereocenters. The summed E-state index contributed by atoms with van der Waals surface area (Å²) in [6.07, 6.45) is -0.892. The number of nitrogens with one attached hydrogen (secondary N) is 1. The fourth-order valence-electron chi connectivity index (χ4n) is 1.43. The third-order valence-electron chi connectivity index (χ3n) is 2.48. The Kier molecular flexibility index (Phi) is 5.81. The number of aliphatic hydroxyl groups excluding tert-OH is 1. The molecule has 6 heteroatoms. The lowest BCUT2D eigenvalue weighted by Crippen LogP contribution is -2.23. The molecule has 19 heavy (non-hydrogen) atoms. The summed E-state index contributed by atoms with van der Waals surface area (Å²) in [6.45, 7) is 0.215. The Bertz CT molecular complexity index is 429. The predicted octanol–water partition coefficient (Wildman–Crippen LogP) is 0.809. The number of carbonyl (C=O) groups is 2. The number of hydrogen-bond donors (Lipinski definition) is 2. The lowest BCUT2D eigenvalue weighted by molar-refractivity contribution is -0.142. The minimum atomic E-state index is -0.826. The smallest absolute Gasteiger partial charge is 0.337 e. The normalized spacial score (nSPS) is 11.5. The minimum Gasteiger partial charge on any atom is -0.469 e. The van der Waals surface area contributed by atoms with Crippen LogP contribution in [0.2, 0.25) is 0 Å². The molecule has 0 fully saturated rings. The van der Waals surface area contributed by atoms with Crippen LogP contribution < -0.4 is 5.32 Å². The molecule has 2 N–H and O–H groups in total. The van der Waals surface area contributed by atoms with Gasteiger partial charge in [-0.05, 0) is 24.3 Å². The van der Waals surface area contributed by atoms with Gasteiger partial charge in [0.2, 0.25) is 0 Å². The largest absolute Gasteiger partial charge is 0.469 e. The predicted molar refractivity (Wildman–Crippen MR) is 68.9 cm³/mol. The number of rotatable bonds is 6. The van der Waals surface area contributed by atoms with Crippen molar-refractivity contribution in [3.8, 4) is 0 Å².